The van der Waals surface area contributed by atoms with Crippen LogP contribution in [0.25, 0.3) is 0 Å². The quantitative estimate of drug-likeness (QED) is 0.223. The predicted octanol–water partition coefficient (Wildman–Crippen LogP) is 4.95. The average molecular weight is 510 g/mol. The van der Waals surface area contributed by atoms with Crippen LogP contribution in [-0.2, 0) is 0 Å². The number of methoxy groups -OCH3 is 3. The molecule has 9 heteroatoms. The van der Waals surface area contributed by atoms with E-state index in [1.807, 2.05) is 45.1 Å². The third kappa shape index (κ3) is 10.1. The molecular weight excluding hydrogens is 470 g/mol. The minimum Gasteiger partial charge on any atom is -0.493 e. The fraction of sp³-hybridized carbons (Fsp3) is 0.286. The Hall–Kier alpha value is -4.24. The van der Waals surface area contributed by atoms with Crippen LogP contribution in [0.4, 0.5) is 11.4 Å². The standard InChI is InChI=1S/C26H33N5O4.C2H6/c1-6-19(10-12-28-21-9-7-8-20(14-21)26(32)29-13-11-27)17-30-18(2)31-22-15-23(33-3)25(35-5)24(16-22)34-4;1-2/h6-10,12,14-17,28,31H,2,11,13,27H2,1,3-5H3,(H,29,32);1-2H3/b12-10-,19-6-,30-17-;. The Morgan fingerprint density at radius 1 is 1.05 bits per heavy atom. The number of ether oxygens (including phenoxy) is 3. The largest absolute Gasteiger partial charge is 0.493 e. The second-order valence-corrected chi connectivity index (χ2v) is 7.14. The molecule has 0 saturated carbocycles. The fourth-order valence-corrected chi connectivity index (χ4v) is 2.99. The summed E-state index contributed by atoms with van der Waals surface area (Å²) in [6, 6.07) is 10.7. The molecule has 0 atom stereocenters. The van der Waals surface area contributed by atoms with Crippen molar-refractivity contribution >= 4 is 23.5 Å². The molecule has 0 spiro atoms. The van der Waals surface area contributed by atoms with Gasteiger partial charge < -0.3 is 35.9 Å². The predicted molar refractivity (Wildman–Crippen MR) is 153 cm³/mol. The highest BCUT2D eigenvalue weighted by atomic mass is 16.5. The molecule has 1 amide bonds. The molecule has 0 saturated heterocycles. The molecule has 0 aliphatic carbocycles. The Morgan fingerprint density at radius 3 is 2.30 bits per heavy atom. The number of anilines is 2. The summed E-state index contributed by atoms with van der Waals surface area (Å²) in [5, 5.41) is 9.03. The maximum atomic E-state index is 12.1. The van der Waals surface area contributed by atoms with E-state index in [2.05, 4.69) is 27.5 Å². The lowest BCUT2D eigenvalue weighted by Gasteiger charge is -2.14. The van der Waals surface area contributed by atoms with Gasteiger partial charge >= 0.3 is 0 Å². The summed E-state index contributed by atoms with van der Waals surface area (Å²) in [6.07, 6.45) is 7.22. The van der Waals surface area contributed by atoms with Crippen molar-refractivity contribution in [3.05, 3.63) is 78.3 Å². The Balaban J connectivity index is 0.00000334. The first-order chi connectivity index (χ1) is 17.9. The van der Waals surface area contributed by atoms with Crippen LogP contribution in [0.5, 0.6) is 17.2 Å². The van der Waals surface area contributed by atoms with Crippen LogP contribution in [0, 0.1) is 0 Å². The zero-order valence-electron chi connectivity index (χ0n) is 22.6. The van der Waals surface area contributed by atoms with Crippen molar-refractivity contribution in [2.75, 3.05) is 45.1 Å². The van der Waals surface area contributed by atoms with Crippen molar-refractivity contribution in [1.82, 2.24) is 5.32 Å². The van der Waals surface area contributed by atoms with Gasteiger partial charge in [0.25, 0.3) is 5.91 Å². The number of hydrogen-bond donors (Lipinski definition) is 4. The van der Waals surface area contributed by atoms with Gasteiger partial charge in [0, 0.05) is 54.6 Å². The zero-order valence-corrected chi connectivity index (χ0v) is 22.6. The van der Waals surface area contributed by atoms with Gasteiger partial charge in [-0.3, -0.25) is 4.79 Å². The van der Waals surface area contributed by atoms with E-state index in [9.17, 15) is 4.79 Å². The van der Waals surface area contributed by atoms with Crippen LogP contribution in [0.15, 0.2) is 77.7 Å². The van der Waals surface area contributed by atoms with Crippen LogP contribution in [0.2, 0.25) is 0 Å². The molecule has 200 valence electrons. The topological polar surface area (TPSA) is 119 Å². The highest BCUT2D eigenvalue weighted by Gasteiger charge is 2.13. The van der Waals surface area contributed by atoms with Crippen LogP contribution in [0.3, 0.4) is 0 Å². The summed E-state index contributed by atoms with van der Waals surface area (Å²) >= 11 is 0. The van der Waals surface area contributed by atoms with E-state index in [-0.39, 0.29) is 5.91 Å². The van der Waals surface area contributed by atoms with E-state index >= 15 is 0 Å². The number of benzene rings is 2. The van der Waals surface area contributed by atoms with Gasteiger partial charge in [0.15, 0.2) is 11.5 Å². The number of nitrogens with two attached hydrogens (primary N) is 1. The molecule has 0 aromatic heterocycles. The molecule has 0 radical (unpaired) electrons. The number of nitrogens with one attached hydrogen (secondary N) is 3. The monoisotopic (exact) mass is 509 g/mol. The first kappa shape index (κ1) is 30.8. The first-order valence-corrected chi connectivity index (χ1v) is 11.9. The van der Waals surface area contributed by atoms with Crippen molar-refractivity contribution in [3.63, 3.8) is 0 Å². The molecule has 2 aromatic rings. The molecular formula is C28H39N5O4. The number of aliphatic imine (C=N–C) groups is 1. The fourth-order valence-electron chi connectivity index (χ4n) is 2.99. The Labute approximate surface area is 220 Å². The summed E-state index contributed by atoms with van der Waals surface area (Å²) in [5.41, 5.74) is 8.31. The van der Waals surface area contributed by atoms with Gasteiger partial charge in [0.05, 0.1) is 21.3 Å². The Bertz CT molecular complexity index is 1080. The van der Waals surface area contributed by atoms with Crippen LogP contribution < -0.4 is 35.9 Å². The molecule has 2 rings (SSSR count). The zero-order chi connectivity index (χ0) is 27.6. The third-order valence-corrected chi connectivity index (χ3v) is 4.74. The second-order valence-electron chi connectivity index (χ2n) is 7.14. The maximum Gasteiger partial charge on any atom is 0.251 e. The molecule has 9 nitrogen and oxygen atoms in total. The molecule has 5 N–H and O–H groups in total. The van der Waals surface area contributed by atoms with E-state index in [1.54, 1.807) is 58.0 Å². The van der Waals surface area contributed by atoms with Crippen molar-refractivity contribution in [1.29, 1.82) is 0 Å². The van der Waals surface area contributed by atoms with Gasteiger partial charge in [-0.1, -0.05) is 32.6 Å². The van der Waals surface area contributed by atoms with E-state index in [4.69, 9.17) is 19.9 Å². The number of carbonyl (C=O) groups excluding carboxylic acids is 1. The van der Waals surface area contributed by atoms with Gasteiger partial charge in [-0.05, 0) is 36.8 Å². The molecule has 0 bridgehead atoms. The van der Waals surface area contributed by atoms with E-state index in [0.29, 0.717) is 47.4 Å². The third-order valence-electron chi connectivity index (χ3n) is 4.74. The number of amides is 1. The molecule has 0 aliphatic rings. The molecule has 2 aromatic carbocycles. The molecule has 0 aliphatic heterocycles. The number of allylic oxidation sites excluding steroid dienone is 3. The minimum absolute atomic E-state index is 0.164. The summed E-state index contributed by atoms with van der Waals surface area (Å²) in [4.78, 5) is 16.5. The van der Waals surface area contributed by atoms with E-state index in [1.165, 1.54) is 0 Å². The average Bonchev–Trinajstić information content (AvgIpc) is 2.94. The highest BCUT2D eigenvalue weighted by Crippen LogP contribution is 2.40. The number of rotatable bonds is 13. The number of nitrogens with zero attached hydrogens (tertiary/aromatic N) is 1. The molecule has 37 heavy (non-hydrogen) atoms. The van der Waals surface area contributed by atoms with Crippen molar-refractivity contribution in [2.24, 2.45) is 10.7 Å². The molecule has 0 heterocycles. The normalized spacial score (nSPS) is 10.9. The summed E-state index contributed by atoms with van der Waals surface area (Å²) in [6.45, 7) is 10.7. The van der Waals surface area contributed by atoms with Crippen molar-refractivity contribution in [3.8, 4) is 17.2 Å². The second kappa shape index (κ2) is 17.2. The Kier molecular flexibility index (Phi) is 14.3. The van der Waals surface area contributed by atoms with E-state index in [0.717, 1.165) is 11.3 Å². The summed E-state index contributed by atoms with van der Waals surface area (Å²) in [7, 11) is 4.66. The smallest absolute Gasteiger partial charge is 0.251 e. The van der Waals surface area contributed by atoms with Crippen LogP contribution in [0.1, 0.15) is 31.1 Å². The van der Waals surface area contributed by atoms with Crippen molar-refractivity contribution in [2.45, 2.75) is 20.8 Å². The maximum absolute atomic E-state index is 12.1. The SMILES string of the molecule is C=C(\N=C/C(/C=C\Nc1cccc(C(=O)NCCN)c1)=C\C)Nc1cc(OC)c(OC)c(OC)c1.CC. The molecule has 0 unspecified atom stereocenters. The van der Waals surface area contributed by atoms with E-state index < -0.39 is 0 Å². The van der Waals surface area contributed by atoms with Gasteiger partial charge in [-0.15, -0.1) is 0 Å². The Morgan fingerprint density at radius 2 is 1.73 bits per heavy atom. The van der Waals surface area contributed by atoms with Gasteiger partial charge in [-0.25, -0.2) is 4.99 Å². The highest BCUT2D eigenvalue weighted by molar-refractivity contribution is 5.95. The van der Waals surface area contributed by atoms with Gasteiger partial charge in [0.2, 0.25) is 5.75 Å². The number of hydrogen-bond acceptors (Lipinski definition) is 8. The number of carbonyl (C=O) groups is 1. The minimum atomic E-state index is -0.164. The lowest BCUT2D eigenvalue weighted by Crippen LogP contribution is -2.28. The van der Waals surface area contributed by atoms with Crippen molar-refractivity contribution < 1.29 is 19.0 Å². The molecule has 0 fully saturated rings. The van der Waals surface area contributed by atoms with Crippen LogP contribution in [-0.4, -0.2) is 46.5 Å². The summed E-state index contributed by atoms with van der Waals surface area (Å²) in [5.74, 6) is 1.81. The summed E-state index contributed by atoms with van der Waals surface area (Å²) < 4.78 is 16.1. The van der Waals surface area contributed by atoms with Crippen LogP contribution >= 0.6 is 0 Å². The lowest BCUT2D eigenvalue weighted by atomic mass is 10.2. The van der Waals surface area contributed by atoms with Gasteiger partial charge in [-0.2, -0.15) is 0 Å². The van der Waals surface area contributed by atoms with Gasteiger partial charge in [0.1, 0.15) is 5.82 Å². The first-order valence-electron chi connectivity index (χ1n) is 11.9. The lowest BCUT2D eigenvalue weighted by molar-refractivity contribution is 0.0955.